The maximum atomic E-state index is 13.6. The zero-order valence-electron chi connectivity index (χ0n) is 9.18. The third-order valence-electron chi connectivity index (χ3n) is 2.84. The van der Waals surface area contributed by atoms with Crippen LogP contribution in [0.25, 0.3) is 22.2 Å². The monoisotopic (exact) mass is 279 g/mol. The minimum atomic E-state index is -0.265. The van der Waals surface area contributed by atoms with E-state index in [0.717, 1.165) is 16.6 Å². The number of benzene rings is 2. The summed E-state index contributed by atoms with van der Waals surface area (Å²) in [6.45, 7) is 0. The van der Waals surface area contributed by atoms with Crippen molar-refractivity contribution in [1.82, 2.24) is 4.98 Å². The van der Waals surface area contributed by atoms with E-state index in [4.69, 9.17) is 23.2 Å². The van der Waals surface area contributed by atoms with Gasteiger partial charge in [0.1, 0.15) is 5.82 Å². The average Bonchev–Trinajstić information content (AvgIpc) is 2.78. The Hall–Kier alpha value is -1.51. The summed E-state index contributed by atoms with van der Waals surface area (Å²) in [5, 5.41) is 1.81. The Bertz CT molecular complexity index is 734. The number of aromatic nitrogens is 1. The summed E-state index contributed by atoms with van der Waals surface area (Å²) in [6, 6.07) is 12.2. The molecular formula is C14H8Cl2FN. The van der Waals surface area contributed by atoms with Crippen LogP contribution in [0.2, 0.25) is 10.0 Å². The van der Waals surface area contributed by atoms with Gasteiger partial charge in [0.15, 0.2) is 0 Å². The minimum Gasteiger partial charge on any atom is -0.352 e. The van der Waals surface area contributed by atoms with E-state index in [9.17, 15) is 4.39 Å². The van der Waals surface area contributed by atoms with Crippen LogP contribution in [0.4, 0.5) is 4.39 Å². The summed E-state index contributed by atoms with van der Waals surface area (Å²) in [4.78, 5) is 3.05. The molecule has 1 nitrogen and oxygen atoms in total. The van der Waals surface area contributed by atoms with Gasteiger partial charge in [-0.15, -0.1) is 0 Å². The van der Waals surface area contributed by atoms with E-state index < -0.39 is 0 Å². The van der Waals surface area contributed by atoms with Crippen LogP contribution in [0.3, 0.4) is 0 Å². The highest BCUT2D eigenvalue weighted by atomic mass is 35.5. The van der Waals surface area contributed by atoms with Crippen LogP contribution in [0.1, 0.15) is 0 Å². The zero-order valence-corrected chi connectivity index (χ0v) is 10.7. The van der Waals surface area contributed by atoms with Crippen LogP contribution >= 0.6 is 23.2 Å². The molecule has 0 saturated carbocycles. The average molecular weight is 280 g/mol. The molecule has 0 aliphatic rings. The lowest BCUT2D eigenvalue weighted by molar-refractivity contribution is 0.637. The van der Waals surface area contributed by atoms with Crippen molar-refractivity contribution < 1.29 is 4.39 Å². The quantitative estimate of drug-likeness (QED) is 0.624. The number of hydrogen-bond acceptors (Lipinski definition) is 0. The maximum Gasteiger partial charge on any atom is 0.147 e. The van der Waals surface area contributed by atoms with Crippen molar-refractivity contribution in [3.63, 3.8) is 0 Å². The lowest BCUT2D eigenvalue weighted by atomic mass is 10.1. The van der Waals surface area contributed by atoms with Crippen LogP contribution in [-0.4, -0.2) is 4.98 Å². The van der Waals surface area contributed by atoms with E-state index in [-0.39, 0.29) is 5.82 Å². The number of H-pyrrole nitrogens is 1. The zero-order chi connectivity index (χ0) is 12.7. The lowest BCUT2D eigenvalue weighted by Gasteiger charge is -2.00. The highest BCUT2D eigenvalue weighted by molar-refractivity contribution is 6.42. The van der Waals surface area contributed by atoms with Gasteiger partial charge in [0.25, 0.3) is 0 Å². The van der Waals surface area contributed by atoms with Crippen molar-refractivity contribution in [1.29, 1.82) is 0 Å². The van der Waals surface area contributed by atoms with E-state index in [1.54, 1.807) is 18.2 Å². The fourth-order valence-corrected chi connectivity index (χ4v) is 2.24. The third-order valence-corrected chi connectivity index (χ3v) is 3.57. The maximum absolute atomic E-state index is 13.6. The Morgan fingerprint density at radius 3 is 2.50 bits per heavy atom. The first-order valence-corrected chi connectivity index (χ1v) is 6.13. The van der Waals surface area contributed by atoms with Crippen molar-refractivity contribution in [3.8, 4) is 11.3 Å². The first-order valence-electron chi connectivity index (χ1n) is 5.38. The minimum absolute atomic E-state index is 0.265. The summed E-state index contributed by atoms with van der Waals surface area (Å²) in [5.41, 5.74) is 2.19. The van der Waals surface area contributed by atoms with Crippen LogP contribution in [-0.2, 0) is 0 Å². The number of halogens is 3. The SMILES string of the molecule is Fc1cccc2cc(-c3ccc(Cl)c(Cl)c3)[nH]c12. The summed E-state index contributed by atoms with van der Waals surface area (Å²) >= 11 is 11.8. The van der Waals surface area contributed by atoms with E-state index >= 15 is 0 Å². The lowest BCUT2D eigenvalue weighted by Crippen LogP contribution is -1.79. The molecule has 0 atom stereocenters. The molecule has 1 aromatic heterocycles. The summed E-state index contributed by atoms with van der Waals surface area (Å²) in [6.07, 6.45) is 0. The Labute approximate surface area is 113 Å². The van der Waals surface area contributed by atoms with Gasteiger partial charge in [-0.3, -0.25) is 0 Å². The molecule has 0 aliphatic carbocycles. The van der Waals surface area contributed by atoms with Crippen LogP contribution in [0, 0.1) is 5.82 Å². The second-order valence-electron chi connectivity index (χ2n) is 4.02. The first kappa shape index (κ1) is 11.6. The van der Waals surface area contributed by atoms with Crippen LogP contribution in [0.15, 0.2) is 42.5 Å². The Kier molecular flexibility index (Phi) is 2.77. The topological polar surface area (TPSA) is 15.8 Å². The molecule has 0 unspecified atom stereocenters. The molecule has 0 spiro atoms. The molecule has 18 heavy (non-hydrogen) atoms. The number of nitrogens with one attached hydrogen (secondary N) is 1. The second kappa shape index (κ2) is 4.30. The predicted octanol–water partition coefficient (Wildman–Crippen LogP) is 5.28. The number of aromatic amines is 1. The van der Waals surface area contributed by atoms with Crippen molar-refractivity contribution in [2.75, 3.05) is 0 Å². The standard InChI is InChI=1S/C14H8Cl2FN/c15-10-5-4-8(6-11(10)16)13-7-9-2-1-3-12(17)14(9)18-13/h1-7,18H. The molecule has 0 amide bonds. The van der Waals surface area contributed by atoms with Crippen molar-refractivity contribution in [2.45, 2.75) is 0 Å². The Morgan fingerprint density at radius 1 is 0.944 bits per heavy atom. The van der Waals surface area contributed by atoms with Crippen LogP contribution < -0.4 is 0 Å². The fourth-order valence-electron chi connectivity index (χ4n) is 1.94. The number of para-hydroxylation sites is 1. The first-order chi connectivity index (χ1) is 8.65. The smallest absolute Gasteiger partial charge is 0.147 e. The molecule has 0 bridgehead atoms. The molecule has 90 valence electrons. The Morgan fingerprint density at radius 2 is 1.78 bits per heavy atom. The third kappa shape index (κ3) is 1.88. The van der Waals surface area contributed by atoms with Gasteiger partial charge in [0.2, 0.25) is 0 Å². The predicted molar refractivity (Wildman–Crippen MR) is 73.7 cm³/mol. The largest absolute Gasteiger partial charge is 0.352 e. The fraction of sp³-hybridized carbons (Fsp3) is 0. The van der Waals surface area contributed by atoms with Crippen molar-refractivity contribution in [2.24, 2.45) is 0 Å². The normalized spacial score (nSPS) is 11.1. The molecule has 0 saturated heterocycles. The molecule has 3 aromatic rings. The molecule has 0 radical (unpaired) electrons. The summed E-state index contributed by atoms with van der Waals surface area (Å²) in [7, 11) is 0. The molecule has 1 N–H and O–H groups in total. The van der Waals surface area contributed by atoms with E-state index in [0.29, 0.717) is 15.6 Å². The van der Waals surface area contributed by atoms with Gasteiger partial charge in [-0.25, -0.2) is 4.39 Å². The van der Waals surface area contributed by atoms with Crippen LogP contribution in [0.5, 0.6) is 0 Å². The van der Waals surface area contributed by atoms with Crippen molar-refractivity contribution in [3.05, 3.63) is 58.3 Å². The Balaban J connectivity index is 2.19. The van der Waals surface area contributed by atoms with Crippen molar-refractivity contribution >= 4 is 34.1 Å². The highest BCUT2D eigenvalue weighted by Gasteiger charge is 2.08. The molecule has 4 heteroatoms. The number of fused-ring (bicyclic) bond motifs is 1. The number of rotatable bonds is 1. The van der Waals surface area contributed by atoms with Gasteiger partial charge in [-0.2, -0.15) is 0 Å². The summed E-state index contributed by atoms with van der Waals surface area (Å²) in [5.74, 6) is -0.265. The van der Waals surface area contributed by atoms with E-state index in [1.807, 2.05) is 18.2 Å². The van der Waals surface area contributed by atoms with Gasteiger partial charge in [0.05, 0.1) is 15.6 Å². The van der Waals surface area contributed by atoms with Gasteiger partial charge in [-0.1, -0.05) is 41.4 Å². The molecule has 3 rings (SSSR count). The molecule has 0 aliphatic heterocycles. The van der Waals surface area contributed by atoms with Gasteiger partial charge in [0, 0.05) is 11.1 Å². The molecule has 2 aromatic carbocycles. The molecular weight excluding hydrogens is 272 g/mol. The number of hydrogen-bond donors (Lipinski definition) is 1. The van der Waals surface area contributed by atoms with Gasteiger partial charge in [-0.05, 0) is 29.8 Å². The molecule has 0 fully saturated rings. The van der Waals surface area contributed by atoms with Gasteiger partial charge >= 0.3 is 0 Å². The second-order valence-corrected chi connectivity index (χ2v) is 4.83. The van der Waals surface area contributed by atoms with Gasteiger partial charge < -0.3 is 4.98 Å². The molecule has 1 heterocycles. The summed E-state index contributed by atoms with van der Waals surface area (Å²) < 4.78 is 13.6. The van der Waals surface area contributed by atoms with E-state index in [1.165, 1.54) is 6.07 Å². The highest BCUT2D eigenvalue weighted by Crippen LogP contribution is 2.30. The van der Waals surface area contributed by atoms with E-state index in [2.05, 4.69) is 4.98 Å².